The van der Waals surface area contributed by atoms with Gasteiger partial charge in [0.1, 0.15) is 0 Å². The van der Waals surface area contributed by atoms with E-state index in [1.54, 1.807) is 0 Å². The highest BCUT2D eigenvalue weighted by molar-refractivity contribution is 5.92. The van der Waals surface area contributed by atoms with Crippen LogP contribution in [0.2, 0.25) is 0 Å². The number of carbonyl (C=O) groups excluding carboxylic acids is 1. The third-order valence-electron chi connectivity index (χ3n) is 4.76. The van der Waals surface area contributed by atoms with Gasteiger partial charge in [-0.1, -0.05) is 37.8 Å². The van der Waals surface area contributed by atoms with Crippen molar-refractivity contribution in [1.29, 1.82) is 0 Å². The first-order valence-corrected chi connectivity index (χ1v) is 6.27. The van der Waals surface area contributed by atoms with E-state index < -0.39 is 0 Å². The zero-order valence-electron chi connectivity index (χ0n) is 9.22. The molecule has 15 heavy (non-hydrogen) atoms. The highest BCUT2D eigenvalue weighted by Gasteiger charge is 2.64. The van der Waals surface area contributed by atoms with E-state index in [-0.39, 0.29) is 11.0 Å². The van der Waals surface area contributed by atoms with Crippen molar-refractivity contribution in [3.63, 3.8) is 0 Å². The van der Waals surface area contributed by atoms with Gasteiger partial charge in [0.15, 0.2) is 0 Å². The zero-order valence-corrected chi connectivity index (χ0v) is 9.22. The van der Waals surface area contributed by atoms with Crippen LogP contribution in [0, 0.1) is 5.41 Å². The average molecular weight is 205 g/mol. The number of allylic oxidation sites excluding steroid dienone is 1. The Morgan fingerprint density at radius 3 is 2.53 bits per heavy atom. The van der Waals surface area contributed by atoms with Crippen LogP contribution < -0.4 is 5.32 Å². The van der Waals surface area contributed by atoms with Gasteiger partial charge in [0.2, 0.25) is 5.91 Å². The zero-order chi connectivity index (χ0) is 10.4. The lowest BCUT2D eigenvalue weighted by molar-refractivity contribution is -0.160. The van der Waals surface area contributed by atoms with Crippen LogP contribution in [0.15, 0.2) is 12.2 Å². The third-order valence-corrected chi connectivity index (χ3v) is 4.76. The minimum absolute atomic E-state index is 0.0117. The van der Waals surface area contributed by atoms with Crippen LogP contribution in [0.1, 0.15) is 51.4 Å². The molecule has 0 bridgehead atoms. The molecule has 1 N–H and O–H groups in total. The van der Waals surface area contributed by atoms with Gasteiger partial charge in [-0.05, 0) is 25.7 Å². The molecule has 1 heterocycles. The maximum Gasteiger partial charge on any atom is 0.229 e. The fraction of sp³-hybridized carbons (Fsp3) is 0.769. The van der Waals surface area contributed by atoms with Crippen molar-refractivity contribution in [2.24, 2.45) is 5.41 Å². The van der Waals surface area contributed by atoms with E-state index in [1.165, 1.54) is 32.1 Å². The number of rotatable bonds is 0. The second kappa shape index (κ2) is 3.10. The summed E-state index contributed by atoms with van der Waals surface area (Å²) in [6, 6.07) is 0. The molecule has 0 spiro atoms. The molecule has 1 aliphatic heterocycles. The van der Waals surface area contributed by atoms with Crippen LogP contribution in [0.25, 0.3) is 0 Å². The Kier molecular flexibility index (Phi) is 1.95. The first-order valence-electron chi connectivity index (χ1n) is 6.27. The minimum atomic E-state index is -0.0117. The second-order valence-electron chi connectivity index (χ2n) is 5.41. The number of amides is 1. The molecule has 1 saturated carbocycles. The fourth-order valence-electron chi connectivity index (χ4n) is 3.78. The Bertz CT molecular complexity index is 322. The van der Waals surface area contributed by atoms with Gasteiger partial charge in [-0.3, -0.25) is 4.79 Å². The summed E-state index contributed by atoms with van der Waals surface area (Å²) in [4.78, 5) is 11.9. The molecule has 3 rings (SSSR count). The average Bonchev–Trinajstić information content (AvgIpc) is 2.20. The molecular formula is C13H19NO. The first kappa shape index (κ1) is 9.44. The van der Waals surface area contributed by atoms with Gasteiger partial charge < -0.3 is 5.32 Å². The maximum atomic E-state index is 11.9. The van der Waals surface area contributed by atoms with Crippen LogP contribution in [0.4, 0.5) is 0 Å². The number of nitrogens with one attached hydrogen (secondary N) is 1. The molecule has 1 saturated heterocycles. The predicted octanol–water partition coefficient (Wildman–Crippen LogP) is 2.55. The highest BCUT2D eigenvalue weighted by Crippen LogP contribution is 2.55. The topological polar surface area (TPSA) is 29.1 Å². The van der Waals surface area contributed by atoms with Gasteiger partial charge in [0.25, 0.3) is 0 Å². The monoisotopic (exact) mass is 205 g/mol. The van der Waals surface area contributed by atoms with Crippen molar-refractivity contribution in [2.45, 2.75) is 56.9 Å². The van der Waals surface area contributed by atoms with Crippen molar-refractivity contribution in [3.8, 4) is 0 Å². The number of hydrogen-bond acceptors (Lipinski definition) is 1. The van der Waals surface area contributed by atoms with Crippen molar-refractivity contribution in [3.05, 3.63) is 12.2 Å². The SMILES string of the molecule is O=C1N[C@@]23CC=CC[C@]12CCCCCC3. The second-order valence-corrected chi connectivity index (χ2v) is 5.41. The van der Waals surface area contributed by atoms with Gasteiger partial charge in [0, 0.05) is 0 Å². The molecule has 2 aliphatic carbocycles. The van der Waals surface area contributed by atoms with Crippen LogP contribution in [0.5, 0.6) is 0 Å². The smallest absolute Gasteiger partial charge is 0.229 e. The normalized spacial score (nSPS) is 44.1. The lowest BCUT2D eigenvalue weighted by Crippen LogP contribution is -2.77. The lowest BCUT2D eigenvalue weighted by Gasteiger charge is -2.61. The summed E-state index contributed by atoms with van der Waals surface area (Å²) < 4.78 is 0. The molecule has 1 amide bonds. The number of β-lactam (4-membered cyclic amide) rings is 1. The molecule has 82 valence electrons. The van der Waals surface area contributed by atoms with Gasteiger partial charge in [-0.2, -0.15) is 0 Å². The van der Waals surface area contributed by atoms with Crippen LogP contribution in [-0.4, -0.2) is 11.4 Å². The first-order chi connectivity index (χ1) is 7.29. The Balaban J connectivity index is 1.96. The Hall–Kier alpha value is -0.790. The summed E-state index contributed by atoms with van der Waals surface area (Å²) in [7, 11) is 0. The van der Waals surface area contributed by atoms with Gasteiger partial charge >= 0.3 is 0 Å². The summed E-state index contributed by atoms with van der Waals surface area (Å²) in [5, 5.41) is 3.23. The van der Waals surface area contributed by atoms with Gasteiger partial charge in [0.05, 0.1) is 11.0 Å². The highest BCUT2D eigenvalue weighted by atomic mass is 16.2. The molecule has 2 atom stereocenters. The predicted molar refractivity (Wildman–Crippen MR) is 59.4 cm³/mol. The fourth-order valence-corrected chi connectivity index (χ4v) is 3.78. The molecule has 0 aromatic rings. The van der Waals surface area contributed by atoms with Crippen LogP contribution in [0.3, 0.4) is 0 Å². The number of carbonyl (C=O) groups is 1. The summed E-state index contributed by atoms with van der Waals surface area (Å²) in [6.07, 6.45) is 14.0. The molecule has 2 heteroatoms. The molecule has 2 nitrogen and oxygen atoms in total. The molecule has 2 fully saturated rings. The Morgan fingerprint density at radius 2 is 1.73 bits per heavy atom. The molecule has 0 aromatic carbocycles. The molecule has 0 radical (unpaired) electrons. The van der Waals surface area contributed by atoms with E-state index in [2.05, 4.69) is 17.5 Å². The van der Waals surface area contributed by atoms with Crippen molar-refractivity contribution in [1.82, 2.24) is 5.32 Å². The largest absolute Gasteiger partial charge is 0.349 e. The molecular weight excluding hydrogens is 186 g/mol. The quantitative estimate of drug-likeness (QED) is 0.478. The lowest BCUT2D eigenvalue weighted by atomic mass is 9.52. The van der Waals surface area contributed by atoms with Crippen molar-refractivity contribution < 1.29 is 4.79 Å². The summed E-state index contributed by atoms with van der Waals surface area (Å²) >= 11 is 0. The van der Waals surface area contributed by atoms with Crippen LogP contribution >= 0.6 is 0 Å². The Morgan fingerprint density at radius 1 is 1.00 bits per heavy atom. The van der Waals surface area contributed by atoms with Crippen molar-refractivity contribution in [2.75, 3.05) is 0 Å². The summed E-state index contributed by atoms with van der Waals surface area (Å²) in [5.41, 5.74) is 0.140. The van der Waals surface area contributed by atoms with Crippen LogP contribution in [-0.2, 0) is 4.79 Å². The van der Waals surface area contributed by atoms with E-state index >= 15 is 0 Å². The maximum absolute atomic E-state index is 11.9. The van der Waals surface area contributed by atoms with E-state index in [0.29, 0.717) is 5.91 Å². The molecule has 0 unspecified atom stereocenters. The van der Waals surface area contributed by atoms with E-state index in [0.717, 1.165) is 19.3 Å². The van der Waals surface area contributed by atoms with E-state index in [1.807, 2.05) is 0 Å². The summed E-state index contributed by atoms with van der Waals surface area (Å²) in [6.45, 7) is 0. The summed E-state index contributed by atoms with van der Waals surface area (Å²) in [5.74, 6) is 0.328. The van der Waals surface area contributed by atoms with Gasteiger partial charge in [-0.25, -0.2) is 0 Å². The molecule has 0 aromatic heterocycles. The standard InChI is InChI=1S/C13H19NO/c15-11-12-7-3-1-2-4-9-13(12,14-11)10-6-5-8-12/h5-6H,1-4,7-10H2,(H,14,15)/t12-,13+/m1/s1. The van der Waals surface area contributed by atoms with E-state index in [4.69, 9.17) is 0 Å². The van der Waals surface area contributed by atoms with Gasteiger partial charge in [-0.15, -0.1) is 0 Å². The molecule has 3 aliphatic rings. The van der Waals surface area contributed by atoms with Crippen molar-refractivity contribution >= 4 is 5.91 Å². The van der Waals surface area contributed by atoms with E-state index in [9.17, 15) is 4.79 Å². The third kappa shape index (κ3) is 1.08. The number of hydrogen-bond donors (Lipinski definition) is 1. The Labute approximate surface area is 91.1 Å². The minimum Gasteiger partial charge on any atom is -0.349 e.